The lowest BCUT2D eigenvalue weighted by molar-refractivity contribution is 0.944. The summed E-state index contributed by atoms with van der Waals surface area (Å²) in [4.78, 5) is 6.35. The summed E-state index contributed by atoms with van der Waals surface area (Å²) in [7, 11) is 1.99. The molecule has 1 heterocycles. The molecule has 0 amide bonds. The molecule has 5 heteroatoms. The zero-order chi connectivity index (χ0) is 11.3. The number of halogens is 2. The van der Waals surface area contributed by atoms with Gasteiger partial charge in [0.05, 0.1) is 5.02 Å². The maximum absolute atomic E-state index is 6.11. The third kappa shape index (κ3) is 3.74. The van der Waals surface area contributed by atoms with Crippen molar-refractivity contribution in [3.63, 3.8) is 0 Å². The smallest absolute Gasteiger partial charge is 0.147 e. The Kier molecular flexibility index (Phi) is 5.58. The molecular formula is C10H14Cl2N2S. The summed E-state index contributed by atoms with van der Waals surface area (Å²) in [6, 6.07) is 1.87. The highest BCUT2D eigenvalue weighted by molar-refractivity contribution is 7.98. The number of anilines is 1. The molecule has 0 spiro atoms. The van der Waals surface area contributed by atoms with Crippen molar-refractivity contribution in [1.29, 1.82) is 0 Å². The minimum Gasteiger partial charge on any atom is -0.358 e. The normalized spacial score (nSPS) is 10.4. The van der Waals surface area contributed by atoms with E-state index in [0.717, 1.165) is 23.7 Å². The second kappa shape index (κ2) is 6.46. The first-order chi connectivity index (χ1) is 7.19. The second-order valence-electron chi connectivity index (χ2n) is 3.20. The molecule has 0 fully saturated rings. The Morgan fingerprint density at radius 1 is 1.53 bits per heavy atom. The molecule has 0 bridgehead atoms. The zero-order valence-corrected chi connectivity index (χ0v) is 11.2. The third-order valence-electron chi connectivity index (χ3n) is 2.03. The molecule has 0 N–H and O–H groups in total. The summed E-state index contributed by atoms with van der Waals surface area (Å²) in [6.45, 7) is 0.939. The first-order valence-electron chi connectivity index (χ1n) is 4.59. The molecule has 1 aromatic heterocycles. The van der Waals surface area contributed by atoms with Gasteiger partial charge in [-0.1, -0.05) is 11.6 Å². The molecule has 0 unspecified atom stereocenters. The van der Waals surface area contributed by atoms with Gasteiger partial charge in [0, 0.05) is 31.4 Å². The third-order valence-corrected chi connectivity index (χ3v) is 3.20. The van der Waals surface area contributed by atoms with E-state index in [0.29, 0.717) is 10.9 Å². The molecule has 0 aliphatic heterocycles. The van der Waals surface area contributed by atoms with Gasteiger partial charge in [-0.05, 0) is 17.9 Å². The maximum atomic E-state index is 6.11. The molecule has 15 heavy (non-hydrogen) atoms. The minimum absolute atomic E-state index is 0.446. The van der Waals surface area contributed by atoms with Crippen LogP contribution >= 0.6 is 35.0 Å². The summed E-state index contributed by atoms with van der Waals surface area (Å²) in [5, 5.41) is 0.664. The van der Waals surface area contributed by atoms with E-state index >= 15 is 0 Å². The van der Waals surface area contributed by atoms with E-state index in [1.165, 1.54) is 0 Å². The Labute approximate surface area is 105 Å². The Morgan fingerprint density at radius 2 is 2.27 bits per heavy atom. The highest BCUT2D eigenvalue weighted by Gasteiger charge is 2.07. The fraction of sp³-hybridized carbons (Fsp3) is 0.500. The number of hydrogen-bond acceptors (Lipinski definition) is 3. The predicted octanol–water partition coefficient (Wildman–Crippen LogP) is 3.27. The van der Waals surface area contributed by atoms with Crippen LogP contribution in [0.4, 0.5) is 5.82 Å². The highest BCUT2D eigenvalue weighted by Crippen LogP contribution is 2.23. The van der Waals surface area contributed by atoms with E-state index in [-0.39, 0.29) is 0 Å². The SMILES string of the molecule is CSCCN(C)c1ncc(CCl)cc1Cl. The van der Waals surface area contributed by atoms with Gasteiger partial charge in [0.15, 0.2) is 0 Å². The fourth-order valence-corrected chi connectivity index (χ4v) is 2.09. The lowest BCUT2D eigenvalue weighted by Crippen LogP contribution is -2.21. The number of aromatic nitrogens is 1. The summed E-state index contributed by atoms with van der Waals surface area (Å²) in [6.07, 6.45) is 3.85. The van der Waals surface area contributed by atoms with E-state index in [1.54, 1.807) is 18.0 Å². The van der Waals surface area contributed by atoms with Gasteiger partial charge in [-0.3, -0.25) is 0 Å². The van der Waals surface area contributed by atoms with Crippen LogP contribution < -0.4 is 4.90 Å². The van der Waals surface area contributed by atoms with Crippen LogP contribution in [0.25, 0.3) is 0 Å². The molecule has 1 aromatic rings. The Morgan fingerprint density at radius 3 is 2.80 bits per heavy atom. The van der Waals surface area contributed by atoms with Crippen molar-refractivity contribution < 1.29 is 0 Å². The van der Waals surface area contributed by atoms with Gasteiger partial charge in [-0.2, -0.15) is 11.8 Å². The quantitative estimate of drug-likeness (QED) is 0.760. The number of rotatable bonds is 5. The van der Waals surface area contributed by atoms with Crippen molar-refractivity contribution >= 4 is 40.8 Å². The van der Waals surface area contributed by atoms with E-state index < -0.39 is 0 Å². The lowest BCUT2D eigenvalue weighted by atomic mass is 10.3. The average Bonchev–Trinajstić information content (AvgIpc) is 2.25. The number of pyridine rings is 1. The molecule has 2 nitrogen and oxygen atoms in total. The van der Waals surface area contributed by atoms with Crippen molar-refractivity contribution in [3.05, 3.63) is 22.8 Å². The standard InChI is InChI=1S/C10H14Cl2N2S/c1-14(3-4-15-2)10-9(12)5-8(6-11)7-13-10/h5,7H,3-4,6H2,1-2H3. The van der Waals surface area contributed by atoms with Gasteiger partial charge in [0.25, 0.3) is 0 Å². The Hall–Kier alpha value is -0.120. The first kappa shape index (κ1) is 12.9. The zero-order valence-electron chi connectivity index (χ0n) is 8.83. The second-order valence-corrected chi connectivity index (χ2v) is 4.86. The molecule has 84 valence electrons. The molecule has 1 rings (SSSR count). The molecule has 0 radical (unpaired) electrons. The molecular weight excluding hydrogens is 251 g/mol. The van der Waals surface area contributed by atoms with E-state index in [4.69, 9.17) is 23.2 Å². The minimum atomic E-state index is 0.446. The van der Waals surface area contributed by atoms with Crippen LogP contribution in [0, 0.1) is 0 Å². The first-order valence-corrected chi connectivity index (χ1v) is 6.90. The summed E-state index contributed by atoms with van der Waals surface area (Å²) in [5.74, 6) is 2.33. The molecule has 0 saturated carbocycles. The predicted molar refractivity (Wildman–Crippen MR) is 70.5 cm³/mol. The largest absolute Gasteiger partial charge is 0.358 e. The van der Waals surface area contributed by atoms with Crippen molar-refractivity contribution in [2.24, 2.45) is 0 Å². The van der Waals surface area contributed by atoms with Crippen LogP contribution in [-0.4, -0.2) is 30.6 Å². The summed E-state index contributed by atoms with van der Waals surface area (Å²) in [5.41, 5.74) is 0.948. The fourth-order valence-electron chi connectivity index (χ4n) is 1.16. The maximum Gasteiger partial charge on any atom is 0.147 e. The van der Waals surface area contributed by atoms with Crippen molar-refractivity contribution in [1.82, 2.24) is 4.98 Å². The van der Waals surface area contributed by atoms with Crippen LogP contribution in [0.15, 0.2) is 12.3 Å². The lowest BCUT2D eigenvalue weighted by Gasteiger charge is -2.18. The van der Waals surface area contributed by atoms with Crippen LogP contribution in [0.3, 0.4) is 0 Å². The van der Waals surface area contributed by atoms with Crippen LogP contribution in [0.5, 0.6) is 0 Å². The van der Waals surface area contributed by atoms with Gasteiger partial charge >= 0.3 is 0 Å². The van der Waals surface area contributed by atoms with E-state index in [1.807, 2.05) is 13.1 Å². The van der Waals surface area contributed by atoms with Crippen LogP contribution in [-0.2, 0) is 5.88 Å². The molecule has 0 aliphatic carbocycles. The van der Waals surface area contributed by atoms with Gasteiger partial charge < -0.3 is 4.90 Å². The number of nitrogens with zero attached hydrogens (tertiary/aromatic N) is 2. The number of hydrogen-bond donors (Lipinski definition) is 0. The molecule has 0 aliphatic rings. The van der Waals surface area contributed by atoms with Crippen molar-refractivity contribution in [2.75, 3.05) is 30.5 Å². The summed E-state index contributed by atoms with van der Waals surface area (Å²) < 4.78 is 0. The molecule has 0 saturated heterocycles. The molecule has 0 aromatic carbocycles. The van der Waals surface area contributed by atoms with E-state index in [2.05, 4.69) is 16.1 Å². The Balaban J connectivity index is 2.76. The topological polar surface area (TPSA) is 16.1 Å². The van der Waals surface area contributed by atoms with Gasteiger partial charge in [0.2, 0.25) is 0 Å². The monoisotopic (exact) mass is 264 g/mol. The van der Waals surface area contributed by atoms with E-state index in [9.17, 15) is 0 Å². The van der Waals surface area contributed by atoms with Crippen LogP contribution in [0.2, 0.25) is 5.02 Å². The van der Waals surface area contributed by atoms with Gasteiger partial charge in [-0.25, -0.2) is 4.98 Å². The highest BCUT2D eigenvalue weighted by atomic mass is 35.5. The van der Waals surface area contributed by atoms with Crippen molar-refractivity contribution in [3.8, 4) is 0 Å². The Bertz CT molecular complexity index is 320. The molecule has 0 atom stereocenters. The van der Waals surface area contributed by atoms with Crippen LogP contribution in [0.1, 0.15) is 5.56 Å². The number of thioether (sulfide) groups is 1. The van der Waals surface area contributed by atoms with Gasteiger partial charge in [-0.15, -0.1) is 11.6 Å². The average molecular weight is 265 g/mol. The summed E-state index contributed by atoms with van der Waals surface area (Å²) >= 11 is 13.6. The van der Waals surface area contributed by atoms with Crippen molar-refractivity contribution in [2.45, 2.75) is 5.88 Å². The number of alkyl halides is 1. The van der Waals surface area contributed by atoms with Gasteiger partial charge in [0.1, 0.15) is 5.82 Å².